The number of hydrogen-bond donors (Lipinski definition) is 3. The van der Waals surface area contributed by atoms with Crippen LogP contribution in [0.15, 0.2) is 30.3 Å². The Kier molecular flexibility index (Phi) is 3.84. The Labute approximate surface area is 142 Å². The third kappa shape index (κ3) is 2.55. The second-order valence-electron chi connectivity index (χ2n) is 5.70. The van der Waals surface area contributed by atoms with Gasteiger partial charge in [-0.05, 0) is 24.3 Å². The third-order valence-corrected chi connectivity index (χ3v) is 4.23. The highest BCUT2D eigenvalue weighted by atomic mass is 16.4. The molecule has 0 amide bonds. The Morgan fingerprint density at radius 2 is 1.44 bits per heavy atom. The molecule has 0 radical (unpaired) electrons. The van der Waals surface area contributed by atoms with Gasteiger partial charge in [-0.3, -0.25) is 14.4 Å². The van der Waals surface area contributed by atoms with Crippen LogP contribution in [-0.4, -0.2) is 28.4 Å². The number of carbonyl (C=O) groups excluding carboxylic acids is 3. The largest absolute Gasteiger partial charge is 0.478 e. The number of aromatic carboxylic acids is 1. The van der Waals surface area contributed by atoms with Gasteiger partial charge in [0.25, 0.3) is 0 Å². The molecule has 5 N–H and O–H groups in total. The Bertz CT molecular complexity index is 962. The fraction of sp³-hybridized carbons (Fsp3) is 0.111. The number of hydrogen-bond acceptors (Lipinski definition) is 6. The molecule has 0 heterocycles. The Balaban J connectivity index is 2.16. The molecule has 0 fully saturated rings. The van der Waals surface area contributed by atoms with Crippen molar-refractivity contribution in [1.82, 2.24) is 0 Å². The predicted octanol–water partition coefficient (Wildman–Crippen LogP) is 1.94. The van der Waals surface area contributed by atoms with Crippen LogP contribution >= 0.6 is 0 Å². The molecule has 0 saturated carbocycles. The van der Waals surface area contributed by atoms with Crippen LogP contribution in [0.5, 0.6) is 0 Å². The lowest BCUT2D eigenvalue weighted by Gasteiger charge is -2.18. The van der Waals surface area contributed by atoms with Gasteiger partial charge in [-0.1, -0.05) is 6.07 Å². The SMILES string of the molecule is Nc1c(C(=O)O)cccc1C(=O)c1ccc2c(c1N)C(=O)CCC2=O. The van der Waals surface area contributed by atoms with Gasteiger partial charge in [0.05, 0.1) is 22.5 Å². The first-order valence-corrected chi connectivity index (χ1v) is 7.48. The maximum absolute atomic E-state index is 12.8. The van der Waals surface area contributed by atoms with Crippen LogP contribution in [0.1, 0.15) is 59.8 Å². The van der Waals surface area contributed by atoms with Crippen LogP contribution in [0.4, 0.5) is 11.4 Å². The monoisotopic (exact) mass is 338 g/mol. The zero-order valence-corrected chi connectivity index (χ0v) is 13.0. The molecular formula is C18H14N2O5. The van der Waals surface area contributed by atoms with E-state index in [1.807, 2.05) is 0 Å². The van der Waals surface area contributed by atoms with E-state index in [9.17, 15) is 19.2 Å². The lowest BCUT2D eigenvalue weighted by Crippen LogP contribution is -2.21. The zero-order chi connectivity index (χ0) is 18.3. The molecule has 0 atom stereocenters. The van der Waals surface area contributed by atoms with Gasteiger partial charge in [-0.15, -0.1) is 0 Å². The van der Waals surface area contributed by atoms with Gasteiger partial charge in [-0.2, -0.15) is 0 Å². The number of anilines is 2. The summed E-state index contributed by atoms with van der Waals surface area (Å²) >= 11 is 0. The number of carbonyl (C=O) groups is 4. The molecule has 0 unspecified atom stereocenters. The summed E-state index contributed by atoms with van der Waals surface area (Å²) in [6.45, 7) is 0. The van der Waals surface area contributed by atoms with Crippen molar-refractivity contribution < 1.29 is 24.3 Å². The Hall–Kier alpha value is -3.48. The highest BCUT2D eigenvalue weighted by Crippen LogP contribution is 2.31. The number of nitrogens with two attached hydrogens (primary N) is 2. The summed E-state index contributed by atoms with van der Waals surface area (Å²) in [5.74, 6) is -2.36. The molecule has 2 aromatic carbocycles. The highest BCUT2D eigenvalue weighted by molar-refractivity contribution is 6.22. The number of nitrogen functional groups attached to an aromatic ring is 2. The van der Waals surface area contributed by atoms with Crippen LogP contribution in [-0.2, 0) is 0 Å². The molecule has 25 heavy (non-hydrogen) atoms. The summed E-state index contributed by atoms with van der Waals surface area (Å²) in [7, 11) is 0. The van der Waals surface area contributed by atoms with E-state index in [2.05, 4.69) is 0 Å². The van der Waals surface area contributed by atoms with Gasteiger partial charge in [0.15, 0.2) is 17.3 Å². The second-order valence-corrected chi connectivity index (χ2v) is 5.70. The molecule has 1 aliphatic rings. The first-order valence-electron chi connectivity index (χ1n) is 7.48. The molecular weight excluding hydrogens is 324 g/mol. The summed E-state index contributed by atoms with van der Waals surface area (Å²) in [6, 6.07) is 6.83. The number of fused-ring (bicyclic) bond motifs is 1. The van der Waals surface area contributed by atoms with E-state index in [1.165, 1.54) is 30.3 Å². The van der Waals surface area contributed by atoms with Gasteiger partial charge in [-0.25, -0.2) is 4.79 Å². The minimum absolute atomic E-state index is 0.0102. The third-order valence-electron chi connectivity index (χ3n) is 4.23. The summed E-state index contributed by atoms with van der Waals surface area (Å²) < 4.78 is 0. The van der Waals surface area contributed by atoms with E-state index in [1.54, 1.807) is 0 Å². The van der Waals surface area contributed by atoms with Gasteiger partial charge in [0, 0.05) is 29.5 Å². The maximum atomic E-state index is 12.8. The predicted molar refractivity (Wildman–Crippen MR) is 90.0 cm³/mol. The van der Waals surface area contributed by atoms with Crippen molar-refractivity contribution in [3.05, 3.63) is 58.1 Å². The van der Waals surface area contributed by atoms with Gasteiger partial charge < -0.3 is 16.6 Å². The van der Waals surface area contributed by atoms with E-state index in [0.29, 0.717) is 0 Å². The van der Waals surface area contributed by atoms with Crippen LogP contribution in [0, 0.1) is 0 Å². The summed E-state index contributed by atoms with van der Waals surface area (Å²) in [4.78, 5) is 48.0. The van der Waals surface area contributed by atoms with Crippen molar-refractivity contribution >= 4 is 34.7 Å². The van der Waals surface area contributed by atoms with Crippen molar-refractivity contribution in [3.8, 4) is 0 Å². The van der Waals surface area contributed by atoms with E-state index in [-0.39, 0.29) is 63.6 Å². The lowest BCUT2D eigenvalue weighted by atomic mass is 9.85. The smallest absolute Gasteiger partial charge is 0.337 e. The molecule has 0 aromatic heterocycles. The lowest BCUT2D eigenvalue weighted by molar-refractivity contribution is 0.0697. The second kappa shape index (κ2) is 5.86. The van der Waals surface area contributed by atoms with Gasteiger partial charge in [0.2, 0.25) is 0 Å². The molecule has 126 valence electrons. The number of para-hydroxylation sites is 1. The Morgan fingerprint density at radius 1 is 0.840 bits per heavy atom. The molecule has 0 saturated heterocycles. The fourth-order valence-corrected chi connectivity index (χ4v) is 2.93. The standard InChI is InChI=1S/C18H14N2O5/c19-15-9(2-1-3-11(15)18(24)25)17(23)10-5-4-8-12(21)6-7-13(22)14(8)16(10)20/h1-5H,6-7,19-20H2,(H,24,25). The van der Waals surface area contributed by atoms with Crippen molar-refractivity contribution in [2.75, 3.05) is 11.5 Å². The normalized spacial score (nSPS) is 13.4. The quantitative estimate of drug-likeness (QED) is 0.573. The molecule has 7 heteroatoms. The number of carboxylic acids is 1. The average Bonchev–Trinajstić information content (AvgIpc) is 2.57. The van der Waals surface area contributed by atoms with Crippen molar-refractivity contribution in [3.63, 3.8) is 0 Å². The molecule has 7 nitrogen and oxygen atoms in total. The van der Waals surface area contributed by atoms with Crippen LogP contribution < -0.4 is 11.5 Å². The molecule has 1 aliphatic carbocycles. The van der Waals surface area contributed by atoms with Crippen LogP contribution in [0.3, 0.4) is 0 Å². The number of carboxylic acid groups (broad SMARTS) is 1. The van der Waals surface area contributed by atoms with Crippen molar-refractivity contribution in [1.29, 1.82) is 0 Å². The van der Waals surface area contributed by atoms with E-state index in [0.717, 1.165) is 0 Å². The Morgan fingerprint density at radius 3 is 2.12 bits per heavy atom. The molecule has 3 rings (SSSR count). The minimum Gasteiger partial charge on any atom is -0.478 e. The molecule has 0 bridgehead atoms. The zero-order valence-electron chi connectivity index (χ0n) is 13.0. The van der Waals surface area contributed by atoms with Crippen molar-refractivity contribution in [2.24, 2.45) is 0 Å². The molecule has 0 spiro atoms. The molecule has 2 aromatic rings. The number of rotatable bonds is 3. The highest BCUT2D eigenvalue weighted by Gasteiger charge is 2.29. The number of benzene rings is 2. The van der Waals surface area contributed by atoms with E-state index < -0.39 is 11.8 Å². The van der Waals surface area contributed by atoms with Crippen LogP contribution in [0.25, 0.3) is 0 Å². The number of Topliss-reactive ketones (excluding diaryl/α,β-unsaturated/α-hetero) is 2. The van der Waals surface area contributed by atoms with Gasteiger partial charge >= 0.3 is 5.97 Å². The first-order chi connectivity index (χ1) is 11.8. The van der Waals surface area contributed by atoms with E-state index in [4.69, 9.17) is 16.6 Å². The average molecular weight is 338 g/mol. The summed E-state index contributed by atoms with van der Waals surface area (Å²) in [5.41, 5.74) is 11.6. The maximum Gasteiger partial charge on any atom is 0.337 e. The minimum atomic E-state index is -1.26. The van der Waals surface area contributed by atoms with Crippen LogP contribution in [0.2, 0.25) is 0 Å². The van der Waals surface area contributed by atoms with Gasteiger partial charge in [0.1, 0.15) is 0 Å². The van der Waals surface area contributed by atoms with Crippen molar-refractivity contribution in [2.45, 2.75) is 12.8 Å². The van der Waals surface area contributed by atoms with E-state index >= 15 is 0 Å². The first kappa shape index (κ1) is 16.4. The summed E-state index contributed by atoms with van der Waals surface area (Å²) in [6.07, 6.45) is 0.163. The summed E-state index contributed by atoms with van der Waals surface area (Å²) in [5, 5.41) is 9.12. The number of ketones is 3. The molecule has 0 aliphatic heterocycles. The fourth-order valence-electron chi connectivity index (χ4n) is 2.93. The topological polar surface area (TPSA) is 141 Å².